The summed E-state index contributed by atoms with van der Waals surface area (Å²) in [5, 5.41) is 0. The minimum Gasteiger partial charge on any atom is -0.363 e. The number of morpholine rings is 1. The topological polar surface area (TPSA) is 49.9 Å². The van der Waals surface area contributed by atoms with Crippen LogP contribution in [0.25, 0.3) is 11.1 Å². The number of carbonyl (C=O) groups excluding carboxylic acids is 2. The predicted molar refractivity (Wildman–Crippen MR) is 132 cm³/mol. The fourth-order valence-corrected chi connectivity index (χ4v) is 5.12. The van der Waals surface area contributed by atoms with E-state index < -0.39 is 5.60 Å². The van der Waals surface area contributed by atoms with Gasteiger partial charge in [0.25, 0.3) is 5.91 Å². The zero-order chi connectivity index (χ0) is 24.3. The van der Waals surface area contributed by atoms with E-state index in [4.69, 9.17) is 4.74 Å². The quantitative estimate of drug-likeness (QED) is 0.542. The van der Waals surface area contributed by atoms with Gasteiger partial charge in [-0.15, -0.1) is 0 Å². The zero-order valence-electron chi connectivity index (χ0n) is 19.7. The van der Waals surface area contributed by atoms with Crippen molar-refractivity contribution in [2.24, 2.45) is 0 Å². The maximum atomic E-state index is 13.6. The number of ether oxygens (including phenoxy) is 1. The fraction of sp³-hybridized carbons (Fsp3) is 0.310. The molecule has 0 unspecified atom stereocenters. The van der Waals surface area contributed by atoms with Gasteiger partial charge >= 0.3 is 0 Å². The summed E-state index contributed by atoms with van der Waals surface area (Å²) < 4.78 is 19.4. The highest BCUT2D eigenvalue weighted by atomic mass is 19.1. The number of likely N-dealkylation sites (tertiary alicyclic amines) is 1. The minimum atomic E-state index is -0.470. The average Bonchev–Trinajstić information content (AvgIpc) is 3.10. The van der Waals surface area contributed by atoms with Gasteiger partial charge < -0.3 is 14.5 Å². The molecule has 2 aliphatic heterocycles. The van der Waals surface area contributed by atoms with Gasteiger partial charge in [-0.2, -0.15) is 0 Å². The molecule has 0 saturated carbocycles. The van der Waals surface area contributed by atoms with E-state index in [1.165, 1.54) is 12.1 Å². The lowest BCUT2D eigenvalue weighted by molar-refractivity contribution is -0.166. The summed E-state index contributed by atoms with van der Waals surface area (Å²) in [6, 6.07) is 24.0. The summed E-state index contributed by atoms with van der Waals surface area (Å²) in [6.45, 7) is 2.16. The highest BCUT2D eigenvalue weighted by Crippen LogP contribution is 2.32. The van der Waals surface area contributed by atoms with Crippen molar-refractivity contribution in [2.45, 2.75) is 31.4 Å². The Bertz CT molecular complexity index is 1200. The first-order chi connectivity index (χ1) is 17.0. The molecular formula is C29H29FN2O3. The molecule has 5 nitrogen and oxygen atoms in total. The number of carbonyl (C=O) groups is 2. The van der Waals surface area contributed by atoms with E-state index in [-0.39, 0.29) is 24.2 Å². The van der Waals surface area contributed by atoms with Crippen LogP contribution >= 0.6 is 0 Å². The third-order valence-electron chi connectivity index (χ3n) is 7.05. The number of halogens is 1. The molecule has 2 saturated heterocycles. The van der Waals surface area contributed by atoms with Crippen molar-refractivity contribution in [1.82, 2.24) is 9.80 Å². The number of hydrogen-bond acceptors (Lipinski definition) is 3. The average molecular weight is 473 g/mol. The van der Waals surface area contributed by atoms with Crippen molar-refractivity contribution < 1.29 is 18.7 Å². The number of benzene rings is 3. The van der Waals surface area contributed by atoms with Gasteiger partial charge in [0.1, 0.15) is 12.4 Å². The van der Waals surface area contributed by atoms with Crippen LogP contribution in [0.15, 0.2) is 78.9 Å². The molecule has 1 atom stereocenters. The first-order valence-corrected chi connectivity index (χ1v) is 12.1. The summed E-state index contributed by atoms with van der Waals surface area (Å²) in [5.41, 5.74) is 3.07. The lowest BCUT2D eigenvalue weighted by atomic mass is 9.92. The lowest BCUT2D eigenvalue weighted by Gasteiger charge is -2.42. The minimum absolute atomic E-state index is 0.0246. The molecule has 2 amide bonds. The maximum absolute atomic E-state index is 13.6. The van der Waals surface area contributed by atoms with E-state index >= 15 is 0 Å². The highest BCUT2D eigenvalue weighted by molar-refractivity contribution is 6.00. The Labute approximate surface area is 205 Å². The van der Waals surface area contributed by atoms with Crippen LogP contribution in [0.2, 0.25) is 0 Å². The van der Waals surface area contributed by atoms with Crippen LogP contribution in [0.1, 0.15) is 35.2 Å². The Balaban J connectivity index is 1.30. The van der Waals surface area contributed by atoms with Gasteiger partial charge in [0.2, 0.25) is 5.91 Å². The Kier molecular flexibility index (Phi) is 6.64. The summed E-state index contributed by atoms with van der Waals surface area (Å²) in [4.78, 5) is 29.9. The van der Waals surface area contributed by atoms with Gasteiger partial charge in [0.15, 0.2) is 0 Å². The summed E-state index contributed by atoms with van der Waals surface area (Å²) in [5.74, 6) is -0.327. The molecule has 3 aromatic carbocycles. The van der Waals surface area contributed by atoms with Crippen LogP contribution in [0.3, 0.4) is 0 Å². The van der Waals surface area contributed by atoms with E-state index in [1.54, 1.807) is 17.0 Å². The van der Waals surface area contributed by atoms with Crippen LogP contribution < -0.4 is 0 Å². The Morgan fingerprint density at radius 1 is 0.914 bits per heavy atom. The van der Waals surface area contributed by atoms with Crippen LogP contribution in [0.5, 0.6) is 0 Å². The van der Waals surface area contributed by atoms with Crippen LogP contribution in [0, 0.1) is 5.82 Å². The summed E-state index contributed by atoms with van der Waals surface area (Å²) in [7, 11) is 0. The molecule has 0 N–H and O–H groups in total. The standard InChI is InChI=1S/C29H29FN2O3/c30-24-13-11-22(12-14-24)19-32-21-29(35-20-27(32)33)15-6-17-31(18-16-29)28(34)26-10-5-4-9-25(26)23-7-2-1-3-8-23/h1-5,7-14H,6,15-21H2/t29-/m0/s1. The predicted octanol–water partition coefficient (Wildman–Crippen LogP) is 4.92. The van der Waals surface area contributed by atoms with Gasteiger partial charge in [0, 0.05) is 25.2 Å². The van der Waals surface area contributed by atoms with E-state index in [0.29, 0.717) is 38.2 Å². The second kappa shape index (κ2) is 10.0. The van der Waals surface area contributed by atoms with Crippen LogP contribution in [-0.2, 0) is 16.1 Å². The van der Waals surface area contributed by atoms with Crippen molar-refractivity contribution in [3.05, 3.63) is 95.8 Å². The van der Waals surface area contributed by atoms with Crippen molar-refractivity contribution in [2.75, 3.05) is 26.2 Å². The molecule has 3 aromatic rings. The first-order valence-electron chi connectivity index (χ1n) is 12.1. The Morgan fingerprint density at radius 2 is 1.66 bits per heavy atom. The molecule has 0 aliphatic carbocycles. The van der Waals surface area contributed by atoms with E-state index in [1.807, 2.05) is 59.5 Å². The van der Waals surface area contributed by atoms with E-state index in [2.05, 4.69) is 0 Å². The molecule has 0 radical (unpaired) electrons. The van der Waals surface area contributed by atoms with Gasteiger partial charge in [-0.25, -0.2) is 4.39 Å². The molecular weight excluding hydrogens is 443 g/mol. The summed E-state index contributed by atoms with van der Waals surface area (Å²) >= 11 is 0. The Morgan fingerprint density at radius 3 is 2.46 bits per heavy atom. The Hall–Kier alpha value is -3.51. The molecule has 35 heavy (non-hydrogen) atoms. The molecule has 1 spiro atoms. The lowest BCUT2D eigenvalue weighted by Crippen LogP contribution is -2.54. The smallest absolute Gasteiger partial charge is 0.254 e. The zero-order valence-corrected chi connectivity index (χ0v) is 19.7. The second-order valence-electron chi connectivity index (χ2n) is 9.41. The van der Waals surface area contributed by atoms with Gasteiger partial charge in [-0.3, -0.25) is 9.59 Å². The van der Waals surface area contributed by atoms with Crippen molar-refractivity contribution in [3.63, 3.8) is 0 Å². The molecule has 0 bridgehead atoms. The van der Waals surface area contributed by atoms with Gasteiger partial charge in [-0.05, 0) is 54.2 Å². The molecule has 2 fully saturated rings. The largest absolute Gasteiger partial charge is 0.363 e. The van der Waals surface area contributed by atoms with E-state index in [0.717, 1.165) is 29.5 Å². The van der Waals surface area contributed by atoms with Crippen molar-refractivity contribution >= 4 is 11.8 Å². The van der Waals surface area contributed by atoms with Crippen LogP contribution in [0.4, 0.5) is 4.39 Å². The maximum Gasteiger partial charge on any atom is 0.254 e. The molecule has 6 heteroatoms. The first kappa shape index (κ1) is 23.2. The molecule has 2 heterocycles. The van der Waals surface area contributed by atoms with Crippen molar-refractivity contribution in [3.8, 4) is 11.1 Å². The number of rotatable bonds is 4. The fourth-order valence-electron chi connectivity index (χ4n) is 5.12. The highest BCUT2D eigenvalue weighted by Gasteiger charge is 2.41. The number of amides is 2. The number of hydrogen-bond donors (Lipinski definition) is 0. The van der Waals surface area contributed by atoms with Gasteiger partial charge in [0.05, 0.1) is 12.1 Å². The van der Waals surface area contributed by atoms with Crippen LogP contribution in [-0.4, -0.2) is 53.5 Å². The summed E-state index contributed by atoms with van der Waals surface area (Å²) in [6.07, 6.45) is 2.25. The molecule has 180 valence electrons. The molecule has 0 aromatic heterocycles. The number of nitrogens with zero attached hydrogens (tertiary/aromatic N) is 2. The van der Waals surface area contributed by atoms with E-state index in [9.17, 15) is 14.0 Å². The monoisotopic (exact) mass is 472 g/mol. The van der Waals surface area contributed by atoms with Crippen molar-refractivity contribution in [1.29, 1.82) is 0 Å². The SMILES string of the molecule is O=C1CO[C@]2(CCCN(C(=O)c3ccccc3-c3ccccc3)CC2)CN1Cc1ccc(F)cc1. The normalized spacial score (nSPS) is 20.7. The molecule has 5 rings (SSSR count). The molecule has 2 aliphatic rings. The third-order valence-corrected chi connectivity index (χ3v) is 7.05. The third kappa shape index (κ3) is 5.13. The van der Waals surface area contributed by atoms with Gasteiger partial charge in [-0.1, -0.05) is 60.7 Å². The second-order valence-corrected chi connectivity index (χ2v) is 9.41.